The number of aliphatic hydroxyl groups excluding tert-OH is 1. The minimum Gasteiger partial charge on any atom is -0.393 e. The maximum absolute atomic E-state index is 10.2. The predicted octanol–water partition coefficient (Wildman–Crippen LogP) is 6.33. The summed E-state index contributed by atoms with van der Waals surface area (Å²) in [5.74, 6) is 4.80. The van der Waals surface area contributed by atoms with Gasteiger partial charge in [0.1, 0.15) is 0 Å². The summed E-state index contributed by atoms with van der Waals surface area (Å²) in [4.78, 5) is 0. The fourth-order valence-corrected chi connectivity index (χ4v) is 8.63. The van der Waals surface area contributed by atoms with Gasteiger partial charge in [-0.25, -0.2) is 0 Å². The lowest BCUT2D eigenvalue weighted by Gasteiger charge is -2.58. The van der Waals surface area contributed by atoms with Crippen LogP contribution in [-0.2, 0) is 0 Å². The van der Waals surface area contributed by atoms with E-state index in [9.17, 15) is 5.11 Å². The molecule has 0 radical (unpaired) electrons. The Labute approximate surface area is 180 Å². The van der Waals surface area contributed by atoms with Crippen molar-refractivity contribution in [3.8, 4) is 0 Å². The first-order valence-corrected chi connectivity index (χ1v) is 12.8. The molecule has 0 aromatic rings. The number of aliphatic hydroxyl groups is 1. The zero-order valence-electron chi connectivity index (χ0n) is 19.8. The predicted molar refractivity (Wildman–Crippen MR) is 122 cm³/mol. The van der Waals surface area contributed by atoms with Crippen molar-refractivity contribution in [2.24, 2.45) is 52.1 Å². The van der Waals surface area contributed by atoms with Crippen LogP contribution in [0.25, 0.3) is 0 Å². The van der Waals surface area contributed by atoms with Crippen molar-refractivity contribution in [1.29, 1.82) is 0 Å². The van der Waals surface area contributed by atoms with E-state index >= 15 is 0 Å². The summed E-state index contributed by atoms with van der Waals surface area (Å²) in [5.41, 5.74) is 9.20. The second-order valence-corrected chi connectivity index (χ2v) is 12.4. The summed E-state index contributed by atoms with van der Waals surface area (Å²) in [6, 6.07) is 0.367. The van der Waals surface area contributed by atoms with Crippen LogP contribution < -0.4 is 5.73 Å². The average Bonchev–Trinajstić information content (AvgIpc) is 3.03. The molecule has 29 heavy (non-hydrogen) atoms. The van der Waals surface area contributed by atoms with E-state index in [0.717, 1.165) is 42.4 Å². The summed E-state index contributed by atoms with van der Waals surface area (Å²) in [5, 5.41) is 10.2. The van der Waals surface area contributed by atoms with Gasteiger partial charge in [0.15, 0.2) is 0 Å². The van der Waals surface area contributed by atoms with Gasteiger partial charge in [-0.15, -0.1) is 0 Å². The van der Waals surface area contributed by atoms with Crippen molar-refractivity contribution in [2.75, 3.05) is 0 Å². The second-order valence-electron chi connectivity index (χ2n) is 12.4. The van der Waals surface area contributed by atoms with Crippen molar-refractivity contribution < 1.29 is 5.11 Å². The smallest absolute Gasteiger partial charge is 0.0577 e. The highest BCUT2D eigenvalue weighted by molar-refractivity contribution is 5.25. The molecular weight excluding hydrogens is 354 g/mol. The third-order valence-corrected chi connectivity index (χ3v) is 10.5. The van der Waals surface area contributed by atoms with Crippen molar-refractivity contribution in [2.45, 2.75) is 111 Å². The fraction of sp³-hybridized carbons (Fsp3) is 0.926. The normalized spacial score (nSPS) is 46.5. The van der Waals surface area contributed by atoms with Gasteiger partial charge in [0.05, 0.1) is 6.10 Å². The largest absolute Gasteiger partial charge is 0.393 e. The number of allylic oxidation sites excluding steroid dienone is 1. The van der Waals surface area contributed by atoms with Gasteiger partial charge < -0.3 is 10.8 Å². The number of fused-ring (bicyclic) bond motifs is 5. The van der Waals surface area contributed by atoms with Crippen molar-refractivity contribution in [1.82, 2.24) is 0 Å². The van der Waals surface area contributed by atoms with Gasteiger partial charge >= 0.3 is 0 Å². The van der Waals surface area contributed by atoms with Crippen LogP contribution in [0.2, 0.25) is 0 Å². The Balaban J connectivity index is 1.51. The van der Waals surface area contributed by atoms with E-state index in [0.29, 0.717) is 22.8 Å². The van der Waals surface area contributed by atoms with Crippen molar-refractivity contribution >= 4 is 0 Å². The van der Waals surface area contributed by atoms with Crippen LogP contribution in [0.3, 0.4) is 0 Å². The number of nitrogens with two attached hydrogens (primary N) is 1. The number of hydrogen-bond donors (Lipinski definition) is 2. The lowest BCUT2D eigenvalue weighted by molar-refractivity contribution is -0.0584. The lowest BCUT2D eigenvalue weighted by atomic mass is 9.47. The fourth-order valence-electron chi connectivity index (χ4n) is 8.63. The Morgan fingerprint density at radius 3 is 2.52 bits per heavy atom. The quantitative estimate of drug-likeness (QED) is 0.529. The molecule has 3 N–H and O–H groups in total. The minimum absolute atomic E-state index is 0.0937. The molecule has 3 saturated carbocycles. The Morgan fingerprint density at radius 2 is 1.79 bits per heavy atom. The molecule has 0 amide bonds. The van der Waals surface area contributed by atoms with Crippen LogP contribution in [0.1, 0.15) is 98.8 Å². The molecule has 2 nitrogen and oxygen atoms in total. The van der Waals surface area contributed by atoms with Crippen LogP contribution in [0, 0.1) is 46.3 Å². The van der Waals surface area contributed by atoms with E-state index in [1.54, 1.807) is 5.57 Å². The first-order chi connectivity index (χ1) is 13.7. The second kappa shape index (κ2) is 7.97. The Kier molecular flexibility index (Phi) is 6.01. The molecule has 0 aromatic carbocycles. The van der Waals surface area contributed by atoms with Crippen LogP contribution in [0.5, 0.6) is 0 Å². The molecule has 0 aromatic heterocycles. The molecule has 0 saturated heterocycles. The summed E-state index contributed by atoms with van der Waals surface area (Å²) < 4.78 is 0. The third-order valence-electron chi connectivity index (χ3n) is 10.5. The highest BCUT2D eigenvalue weighted by Crippen LogP contribution is 2.67. The molecule has 3 fully saturated rings. The Bertz CT molecular complexity index is 626. The molecule has 166 valence electrons. The molecule has 4 aliphatic rings. The van der Waals surface area contributed by atoms with Gasteiger partial charge in [0.25, 0.3) is 0 Å². The van der Waals surface area contributed by atoms with Crippen LogP contribution in [0.4, 0.5) is 0 Å². The summed E-state index contributed by atoms with van der Waals surface area (Å²) in [7, 11) is 0. The summed E-state index contributed by atoms with van der Waals surface area (Å²) in [6.45, 7) is 12.3. The maximum Gasteiger partial charge on any atom is 0.0577 e. The maximum atomic E-state index is 10.2. The van der Waals surface area contributed by atoms with E-state index in [-0.39, 0.29) is 6.10 Å². The monoisotopic (exact) mass is 401 g/mol. The van der Waals surface area contributed by atoms with Crippen LogP contribution in [0.15, 0.2) is 11.6 Å². The first-order valence-electron chi connectivity index (χ1n) is 12.8. The number of hydrogen-bond acceptors (Lipinski definition) is 2. The van der Waals surface area contributed by atoms with E-state index in [2.05, 4.69) is 40.7 Å². The standard InChI is InChI=1S/C27H47NO/c1-17(2)6-11-25(28)18(3)22-9-10-23-21-8-7-19-16-20(29)12-14-26(19,4)24(21)13-15-27(22,23)5/h7,17-18,20-25,29H,6,8-16,28H2,1-5H3/t18-,20-,21-,22?,23-,24-,25?,26-,27+/m0/s1. The van der Waals surface area contributed by atoms with Gasteiger partial charge in [-0.1, -0.05) is 46.3 Å². The zero-order valence-corrected chi connectivity index (χ0v) is 19.8. The molecule has 0 spiro atoms. The van der Waals surface area contributed by atoms with Gasteiger partial charge in [-0.2, -0.15) is 0 Å². The molecular formula is C27H47NO. The molecule has 2 unspecified atom stereocenters. The van der Waals surface area contributed by atoms with Gasteiger partial charge in [-0.05, 0) is 111 Å². The van der Waals surface area contributed by atoms with Gasteiger partial charge in [-0.3, -0.25) is 0 Å². The third kappa shape index (κ3) is 3.65. The zero-order chi connectivity index (χ0) is 21.0. The van der Waals surface area contributed by atoms with E-state index < -0.39 is 0 Å². The number of rotatable bonds is 5. The molecule has 2 heteroatoms. The highest BCUT2D eigenvalue weighted by atomic mass is 16.3. The molecule has 0 heterocycles. The van der Waals surface area contributed by atoms with Crippen molar-refractivity contribution in [3.05, 3.63) is 11.6 Å². The molecule has 9 atom stereocenters. The van der Waals surface area contributed by atoms with Crippen LogP contribution in [-0.4, -0.2) is 17.3 Å². The lowest BCUT2D eigenvalue weighted by Crippen LogP contribution is -2.51. The minimum atomic E-state index is -0.0937. The topological polar surface area (TPSA) is 46.2 Å². The van der Waals surface area contributed by atoms with Gasteiger partial charge in [0.2, 0.25) is 0 Å². The summed E-state index contributed by atoms with van der Waals surface area (Å²) >= 11 is 0. The van der Waals surface area contributed by atoms with E-state index in [1.165, 1.54) is 51.4 Å². The summed E-state index contributed by atoms with van der Waals surface area (Å²) in [6.07, 6.45) is 14.9. The van der Waals surface area contributed by atoms with E-state index in [4.69, 9.17) is 5.73 Å². The molecule has 4 rings (SSSR count). The SMILES string of the molecule is CC(C)CCC(N)[C@@H](C)C1CC[C@H]2[C@@H]3CC=C4C[C@@H](O)CC[C@]4(C)[C@H]3CC[C@]12C. The van der Waals surface area contributed by atoms with E-state index in [1.807, 2.05) is 0 Å². The van der Waals surface area contributed by atoms with Gasteiger partial charge in [0, 0.05) is 6.04 Å². The Morgan fingerprint density at radius 1 is 1.03 bits per heavy atom. The Hall–Kier alpha value is -0.340. The molecule has 0 aliphatic heterocycles. The van der Waals surface area contributed by atoms with Crippen molar-refractivity contribution in [3.63, 3.8) is 0 Å². The molecule has 4 aliphatic carbocycles. The highest BCUT2D eigenvalue weighted by Gasteiger charge is 2.59. The first kappa shape index (κ1) is 21.9. The molecule has 0 bridgehead atoms. The average molecular weight is 402 g/mol. The van der Waals surface area contributed by atoms with Crippen LogP contribution >= 0.6 is 0 Å².